The molecule has 1 atom stereocenters. The van der Waals surface area contributed by atoms with Gasteiger partial charge in [-0.05, 0) is 36.4 Å². The van der Waals surface area contributed by atoms with Crippen LogP contribution in [0.3, 0.4) is 0 Å². The normalized spacial score (nSPS) is 12.6. The maximum absolute atomic E-state index is 12.2. The van der Waals surface area contributed by atoms with E-state index in [-0.39, 0.29) is 4.90 Å². The van der Waals surface area contributed by atoms with Crippen molar-refractivity contribution in [1.29, 1.82) is 0 Å². The van der Waals surface area contributed by atoms with Crippen molar-refractivity contribution in [3.05, 3.63) is 54.6 Å². The first-order valence-corrected chi connectivity index (χ1v) is 9.14. The first-order chi connectivity index (χ1) is 10.9. The van der Waals surface area contributed by atoms with E-state index in [1.165, 1.54) is 29.4 Å². The number of benzene rings is 2. The minimum Gasteiger partial charge on any atom is -0.319 e. The lowest BCUT2D eigenvalue weighted by atomic mass is 10.3. The summed E-state index contributed by atoms with van der Waals surface area (Å²) in [5.41, 5.74) is 6.77. The van der Waals surface area contributed by atoms with Gasteiger partial charge in [0.25, 0.3) is 5.91 Å². The zero-order valence-electron chi connectivity index (χ0n) is 12.0. The average molecular weight is 352 g/mol. The number of hydroxylamine groups is 1. The predicted molar refractivity (Wildman–Crippen MR) is 87.0 cm³/mol. The number of nitrogens with two attached hydrogens (primary N) is 1. The second-order valence-electron chi connectivity index (χ2n) is 4.75. The van der Waals surface area contributed by atoms with Gasteiger partial charge in [-0.25, -0.2) is 13.9 Å². The van der Waals surface area contributed by atoms with E-state index in [1.54, 1.807) is 12.1 Å². The number of sulfone groups is 1. The molecule has 0 aliphatic heterocycles. The van der Waals surface area contributed by atoms with Crippen LogP contribution in [-0.4, -0.2) is 31.3 Å². The molecule has 6 nitrogen and oxygen atoms in total. The van der Waals surface area contributed by atoms with E-state index in [4.69, 9.17) is 10.9 Å². The van der Waals surface area contributed by atoms with Crippen LogP contribution in [0.15, 0.2) is 69.3 Å². The lowest BCUT2D eigenvalue weighted by Crippen LogP contribution is -2.43. The predicted octanol–water partition coefficient (Wildman–Crippen LogP) is 1.44. The number of carbonyl (C=O) groups is 1. The zero-order valence-corrected chi connectivity index (χ0v) is 13.7. The minimum atomic E-state index is -3.71. The number of hydrogen-bond donors (Lipinski definition) is 3. The second kappa shape index (κ2) is 7.60. The second-order valence-corrected chi connectivity index (χ2v) is 7.93. The molecule has 4 N–H and O–H groups in total. The Labute approximate surface area is 138 Å². The molecule has 0 fully saturated rings. The highest BCUT2D eigenvalue weighted by Crippen LogP contribution is 2.28. The van der Waals surface area contributed by atoms with Gasteiger partial charge in [0.15, 0.2) is 9.84 Å². The van der Waals surface area contributed by atoms with Gasteiger partial charge in [-0.2, -0.15) is 0 Å². The topological polar surface area (TPSA) is 109 Å². The van der Waals surface area contributed by atoms with E-state index in [2.05, 4.69) is 0 Å². The van der Waals surface area contributed by atoms with Gasteiger partial charge in [-0.3, -0.25) is 10.0 Å². The van der Waals surface area contributed by atoms with Crippen LogP contribution in [0.1, 0.15) is 0 Å². The van der Waals surface area contributed by atoms with Crippen LogP contribution in [-0.2, 0) is 14.6 Å². The largest absolute Gasteiger partial charge is 0.319 e. The van der Waals surface area contributed by atoms with Gasteiger partial charge in [-0.1, -0.05) is 30.0 Å². The van der Waals surface area contributed by atoms with Crippen LogP contribution >= 0.6 is 11.8 Å². The summed E-state index contributed by atoms with van der Waals surface area (Å²) in [6.07, 6.45) is 0. The van der Waals surface area contributed by atoms with E-state index in [1.807, 2.05) is 30.3 Å². The molecule has 122 valence electrons. The molecule has 0 bridgehead atoms. The number of rotatable bonds is 6. The summed E-state index contributed by atoms with van der Waals surface area (Å²) >= 11 is 1.51. The monoisotopic (exact) mass is 352 g/mol. The fourth-order valence-corrected chi connectivity index (χ4v) is 4.04. The first-order valence-electron chi connectivity index (χ1n) is 6.67. The van der Waals surface area contributed by atoms with Gasteiger partial charge in [0.05, 0.1) is 10.6 Å². The van der Waals surface area contributed by atoms with E-state index in [9.17, 15) is 13.2 Å². The van der Waals surface area contributed by atoms with E-state index in [0.717, 1.165) is 9.79 Å². The molecule has 1 amide bonds. The number of carbonyl (C=O) groups excluding carboxylic acids is 1. The third kappa shape index (κ3) is 4.80. The Morgan fingerprint density at radius 1 is 1.09 bits per heavy atom. The summed E-state index contributed by atoms with van der Waals surface area (Å²) in [5, 5.41) is 8.47. The summed E-state index contributed by atoms with van der Waals surface area (Å²) in [6.45, 7) is 0. The molecule has 8 heteroatoms. The molecule has 0 heterocycles. The summed E-state index contributed by atoms with van der Waals surface area (Å²) in [5.74, 6) is -1.52. The number of nitrogens with one attached hydrogen (secondary N) is 1. The molecule has 1 unspecified atom stereocenters. The van der Waals surface area contributed by atoms with Crippen LogP contribution in [0.5, 0.6) is 0 Å². The molecule has 0 spiro atoms. The maximum atomic E-state index is 12.2. The third-order valence-electron chi connectivity index (χ3n) is 3.01. The molecule has 0 aliphatic rings. The van der Waals surface area contributed by atoms with E-state index < -0.39 is 27.5 Å². The molecule has 0 radical (unpaired) electrons. The van der Waals surface area contributed by atoms with Crippen molar-refractivity contribution in [3.63, 3.8) is 0 Å². The maximum Gasteiger partial charge on any atom is 0.261 e. The number of hydrogen-bond acceptors (Lipinski definition) is 6. The number of amides is 1. The molecule has 0 saturated carbocycles. The average Bonchev–Trinajstić information content (AvgIpc) is 2.55. The molecular weight excluding hydrogens is 336 g/mol. The highest BCUT2D eigenvalue weighted by atomic mass is 32.2. The van der Waals surface area contributed by atoms with Crippen molar-refractivity contribution in [2.75, 3.05) is 5.75 Å². The van der Waals surface area contributed by atoms with Gasteiger partial charge in [0.2, 0.25) is 0 Å². The third-order valence-corrected chi connectivity index (χ3v) is 5.81. The molecule has 0 aliphatic carbocycles. The highest BCUT2D eigenvalue weighted by molar-refractivity contribution is 7.99. The van der Waals surface area contributed by atoms with Crippen molar-refractivity contribution < 1.29 is 18.4 Å². The van der Waals surface area contributed by atoms with Crippen molar-refractivity contribution >= 4 is 27.5 Å². The Bertz CT molecular complexity index is 762. The van der Waals surface area contributed by atoms with Crippen molar-refractivity contribution in [2.45, 2.75) is 20.7 Å². The van der Waals surface area contributed by atoms with E-state index >= 15 is 0 Å². The first kappa shape index (κ1) is 17.5. The van der Waals surface area contributed by atoms with E-state index in [0.29, 0.717) is 0 Å². The van der Waals surface area contributed by atoms with Crippen LogP contribution in [0.25, 0.3) is 0 Å². The summed E-state index contributed by atoms with van der Waals surface area (Å²) < 4.78 is 24.4. The molecule has 23 heavy (non-hydrogen) atoms. The SMILES string of the molecule is NC(CS(=O)(=O)c1ccc(Sc2ccccc2)cc1)C(=O)NO. The molecule has 0 aromatic heterocycles. The quantitative estimate of drug-likeness (QED) is 0.536. The molecular formula is C15H16N2O4S2. The van der Waals surface area contributed by atoms with Gasteiger partial charge in [0.1, 0.15) is 6.04 Å². The van der Waals surface area contributed by atoms with Gasteiger partial charge in [-0.15, -0.1) is 0 Å². The lowest BCUT2D eigenvalue weighted by molar-refractivity contribution is -0.130. The van der Waals surface area contributed by atoms with Crippen LogP contribution in [0.2, 0.25) is 0 Å². The molecule has 2 aromatic rings. The van der Waals surface area contributed by atoms with Crippen LogP contribution < -0.4 is 11.2 Å². The van der Waals surface area contributed by atoms with Crippen LogP contribution in [0, 0.1) is 0 Å². The lowest BCUT2D eigenvalue weighted by Gasteiger charge is -2.10. The van der Waals surface area contributed by atoms with Crippen molar-refractivity contribution in [2.24, 2.45) is 5.73 Å². The summed E-state index contributed by atoms with van der Waals surface area (Å²) in [6, 6.07) is 14.7. The summed E-state index contributed by atoms with van der Waals surface area (Å²) in [4.78, 5) is 13.1. The standard InChI is InChI=1S/C15H16N2O4S2/c16-14(15(18)17-19)10-23(20,21)13-8-6-12(7-9-13)22-11-4-2-1-3-5-11/h1-9,14,19H,10,16H2,(H,17,18). The fourth-order valence-electron chi connectivity index (χ4n) is 1.83. The molecule has 0 saturated heterocycles. The summed E-state index contributed by atoms with van der Waals surface area (Å²) in [7, 11) is -3.71. The molecule has 2 rings (SSSR count). The Morgan fingerprint density at radius 3 is 2.22 bits per heavy atom. The van der Waals surface area contributed by atoms with Gasteiger partial charge in [0, 0.05) is 9.79 Å². The minimum absolute atomic E-state index is 0.0797. The van der Waals surface area contributed by atoms with Crippen LogP contribution in [0.4, 0.5) is 0 Å². The van der Waals surface area contributed by atoms with Gasteiger partial charge < -0.3 is 5.73 Å². The van der Waals surface area contributed by atoms with Crippen molar-refractivity contribution in [3.8, 4) is 0 Å². The smallest absolute Gasteiger partial charge is 0.261 e. The van der Waals surface area contributed by atoms with Crippen molar-refractivity contribution in [1.82, 2.24) is 5.48 Å². The Balaban J connectivity index is 2.10. The Morgan fingerprint density at radius 2 is 1.65 bits per heavy atom. The molecule has 2 aromatic carbocycles. The Hall–Kier alpha value is -1.87. The fraction of sp³-hybridized carbons (Fsp3) is 0.133. The van der Waals surface area contributed by atoms with Gasteiger partial charge >= 0.3 is 0 Å². The zero-order chi connectivity index (χ0) is 16.9. The highest BCUT2D eigenvalue weighted by Gasteiger charge is 2.23. The Kier molecular flexibility index (Phi) is 5.78.